The van der Waals surface area contributed by atoms with Crippen molar-refractivity contribution in [3.63, 3.8) is 0 Å². The van der Waals surface area contributed by atoms with E-state index in [1.807, 2.05) is 21.0 Å². The summed E-state index contributed by atoms with van der Waals surface area (Å²) in [7, 11) is 1.82. The number of hydrogen-bond donors (Lipinski definition) is 0. The molecule has 0 unspecified atom stereocenters. The van der Waals surface area contributed by atoms with E-state index in [-0.39, 0.29) is 0 Å². The quantitative estimate of drug-likeness (QED) is 0.673. The van der Waals surface area contributed by atoms with Gasteiger partial charge in [-0.2, -0.15) is 0 Å². The van der Waals surface area contributed by atoms with Gasteiger partial charge in [-0.15, -0.1) is 0 Å². The summed E-state index contributed by atoms with van der Waals surface area (Å²) >= 11 is 0. The first-order valence-corrected chi connectivity index (χ1v) is 5.62. The minimum absolute atomic E-state index is 0.531. The Bertz CT molecular complexity index is 98.3. The van der Waals surface area contributed by atoms with Crippen LogP contribution < -0.4 is 0 Å². The van der Waals surface area contributed by atoms with E-state index in [1.165, 1.54) is 38.9 Å². The van der Waals surface area contributed by atoms with Gasteiger partial charge in [0.2, 0.25) is 0 Å². The third-order valence-corrected chi connectivity index (χ3v) is 2.41. The van der Waals surface area contributed by atoms with E-state index in [2.05, 4.69) is 11.8 Å². The van der Waals surface area contributed by atoms with Crippen molar-refractivity contribution in [1.82, 2.24) is 4.90 Å². The van der Waals surface area contributed by atoms with E-state index in [0.29, 0.717) is 6.10 Å². The maximum atomic E-state index is 5.29. The third kappa shape index (κ3) is 5.27. The van der Waals surface area contributed by atoms with Crippen molar-refractivity contribution in [3.8, 4) is 0 Å². The van der Waals surface area contributed by atoms with Gasteiger partial charge in [-0.1, -0.05) is 20.8 Å². The van der Waals surface area contributed by atoms with Gasteiger partial charge in [-0.3, -0.25) is 0 Å². The zero-order chi connectivity index (χ0) is 10.1. The second kappa shape index (κ2) is 8.52. The average Bonchev–Trinajstić information content (AvgIpc) is 2.23. The van der Waals surface area contributed by atoms with Gasteiger partial charge >= 0.3 is 0 Å². The van der Waals surface area contributed by atoms with E-state index < -0.39 is 0 Å². The van der Waals surface area contributed by atoms with Crippen LogP contribution in [0.3, 0.4) is 0 Å². The van der Waals surface area contributed by atoms with Crippen molar-refractivity contribution in [2.45, 2.75) is 46.1 Å². The molecule has 2 heteroatoms. The molecule has 2 nitrogen and oxygen atoms in total. The van der Waals surface area contributed by atoms with E-state index in [0.717, 1.165) is 0 Å². The standard InChI is InChI=1S/C9H19NO.C2H6/c1-3-6-10-7-4-9(11-2)5-8-10;1-2/h9H,3-8H2,1-2H3;1-2H3. The lowest BCUT2D eigenvalue weighted by Crippen LogP contribution is -2.36. The number of hydrogen-bond acceptors (Lipinski definition) is 2. The molecular formula is C11H25NO. The topological polar surface area (TPSA) is 12.5 Å². The van der Waals surface area contributed by atoms with Crippen LogP contribution in [-0.2, 0) is 4.74 Å². The molecule has 0 atom stereocenters. The second-order valence-corrected chi connectivity index (χ2v) is 3.28. The number of likely N-dealkylation sites (tertiary alicyclic amines) is 1. The lowest BCUT2D eigenvalue weighted by Gasteiger charge is -2.30. The molecule has 1 aliphatic heterocycles. The van der Waals surface area contributed by atoms with Gasteiger partial charge in [0, 0.05) is 20.2 Å². The molecule has 0 amide bonds. The van der Waals surface area contributed by atoms with Gasteiger partial charge in [-0.25, -0.2) is 0 Å². The maximum Gasteiger partial charge on any atom is 0.0595 e. The van der Waals surface area contributed by atoms with Crippen molar-refractivity contribution >= 4 is 0 Å². The summed E-state index contributed by atoms with van der Waals surface area (Å²) in [5.41, 5.74) is 0. The van der Waals surface area contributed by atoms with Gasteiger partial charge in [-0.05, 0) is 25.8 Å². The minimum atomic E-state index is 0.531. The van der Waals surface area contributed by atoms with Crippen LogP contribution in [0.2, 0.25) is 0 Å². The summed E-state index contributed by atoms with van der Waals surface area (Å²) in [5, 5.41) is 0. The first kappa shape index (κ1) is 12.9. The monoisotopic (exact) mass is 187 g/mol. The molecule has 0 aromatic rings. The smallest absolute Gasteiger partial charge is 0.0595 e. The average molecular weight is 187 g/mol. The van der Waals surface area contributed by atoms with Gasteiger partial charge in [0.05, 0.1) is 6.10 Å². The number of nitrogens with zero attached hydrogens (tertiary/aromatic N) is 1. The van der Waals surface area contributed by atoms with E-state index >= 15 is 0 Å². The molecule has 0 aromatic carbocycles. The summed E-state index contributed by atoms with van der Waals surface area (Å²) in [6, 6.07) is 0. The lowest BCUT2D eigenvalue weighted by molar-refractivity contribution is 0.0412. The Morgan fingerprint density at radius 1 is 1.23 bits per heavy atom. The zero-order valence-electron chi connectivity index (χ0n) is 9.68. The van der Waals surface area contributed by atoms with Crippen molar-refractivity contribution < 1.29 is 4.74 Å². The Hall–Kier alpha value is -0.0800. The maximum absolute atomic E-state index is 5.29. The van der Waals surface area contributed by atoms with Crippen molar-refractivity contribution in [1.29, 1.82) is 0 Å². The third-order valence-electron chi connectivity index (χ3n) is 2.41. The van der Waals surface area contributed by atoms with Gasteiger partial charge in [0.15, 0.2) is 0 Å². The van der Waals surface area contributed by atoms with Crippen LogP contribution in [0, 0.1) is 0 Å². The van der Waals surface area contributed by atoms with E-state index in [9.17, 15) is 0 Å². The molecule has 0 saturated carbocycles. The predicted octanol–water partition coefficient (Wildman–Crippen LogP) is 2.53. The van der Waals surface area contributed by atoms with E-state index in [4.69, 9.17) is 4.74 Å². The summed E-state index contributed by atoms with van der Waals surface area (Å²) < 4.78 is 5.29. The van der Waals surface area contributed by atoms with Crippen LogP contribution >= 0.6 is 0 Å². The molecule has 0 spiro atoms. The minimum Gasteiger partial charge on any atom is -0.381 e. The lowest BCUT2D eigenvalue weighted by atomic mass is 10.1. The molecule has 80 valence electrons. The molecule has 0 radical (unpaired) electrons. The molecule has 1 rings (SSSR count). The highest BCUT2D eigenvalue weighted by Gasteiger charge is 2.17. The van der Waals surface area contributed by atoms with Crippen LogP contribution in [-0.4, -0.2) is 37.7 Å². The number of ether oxygens (including phenoxy) is 1. The van der Waals surface area contributed by atoms with Gasteiger partial charge < -0.3 is 9.64 Å². The van der Waals surface area contributed by atoms with Gasteiger partial charge in [0.25, 0.3) is 0 Å². The Labute approximate surface area is 83.3 Å². The van der Waals surface area contributed by atoms with E-state index in [1.54, 1.807) is 0 Å². The molecule has 1 heterocycles. The number of methoxy groups -OCH3 is 1. The molecule has 0 bridgehead atoms. The summed E-state index contributed by atoms with van der Waals surface area (Å²) in [4.78, 5) is 2.52. The number of piperidine rings is 1. The molecule has 1 saturated heterocycles. The number of rotatable bonds is 3. The SMILES string of the molecule is CC.CCCN1CCC(OC)CC1. The largest absolute Gasteiger partial charge is 0.381 e. The normalized spacial score (nSPS) is 19.4. The first-order chi connectivity index (χ1) is 6.36. The molecule has 13 heavy (non-hydrogen) atoms. The Morgan fingerprint density at radius 2 is 1.77 bits per heavy atom. The molecule has 1 aliphatic rings. The Morgan fingerprint density at radius 3 is 2.15 bits per heavy atom. The fourth-order valence-electron chi connectivity index (χ4n) is 1.68. The Kier molecular flexibility index (Phi) is 8.46. The van der Waals surface area contributed by atoms with Crippen molar-refractivity contribution in [2.24, 2.45) is 0 Å². The predicted molar refractivity (Wildman–Crippen MR) is 58.1 cm³/mol. The van der Waals surface area contributed by atoms with Crippen LogP contribution in [0.4, 0.5) is 0 Å². The highest BCUT2D eigenvalue weighted by atomic mass is 16.5. The van der Waals surface area contributed by atoms with Crippen molar-refractivity contribution in [2.75, 3.05) is 26.7 Å². The fraction of sp³-hybridized carbons (Fsp3) is 1.00. The molecule has 0 N–H and O–H groups in total. The molecule has 0 aliphatic carbocycles. The van der Waals surface area contributed by atoms with Crippen LogP contribution in [0.25, 0.3) is 0 Å². The highest BCUT2D eigenvalue weighted by Crippen LogP contribution is 2.12. The highest BCUT2D eigenvalue weighted by molar-refractivity contribution is 4.71. The Balaban J connectivity index is 0.000000671. The van der Waals surface area contributed by atoms with Crippen LogP contribution in [0.15, 0.2) is 0 Å². The summed E-state index contributed by atoms with van der Waals surface area (Å²) in [6.07, 6.45) is 4.24. The summed E-state index contributed by atoms with van der Waals surface area (Å²) in [6.45, 7) is 9.96. The fourth-order valence-corrected chi connectivity index (χ4v) is 1.68. The van der Waals surface area contributed by atoms with Crippen LogP contribution in [0.1, 0.15) is 40.0 Å². The zero-order valence-corrected chi connectivity index (χ0v) is 9.68. The van der Waals surface area contributed by atoms with Crippen LogP contribution in [0.5, 0.6) is 0 Å². The molecule has 1 fully saturated rings. The first-order valence-electron chi connectivity index (χ1n) is 5.62. The van der Waals surface area contributed by atoms with Crippen molar-refractivity contribution in [3.05, 3.63) is 0 Å². The molecule has 0 aromatic heterocycles. The van der Waals surface area contributed by atoms with Gasteiger partial charge in [0.1, 0.15) is 0 Å². The summed E-state index contributed by atoms with van der Waals surface area (Å²) in [5.74, 6) is 0. The second-order valence-electron chi connectivity index (χ2n) is 3.28. The molecular weight excluding hydrogens is 162 g/mol.